The van der Waals surface area contributed by atoms with E-state index >= 15 is 0 Å². The molecule has 0 fully saturated rings. The molecule has 2 aromatic rings. The minimum Gasteiger partial charge on any atom is -0.508 e. The summed E-state index contributed by atoms with van der Waals surface area (Å²) in [5.74, 6) is 0.348. The number of rotatable bonds is 3. The van der Waals surface area contributed by atoms with Gasteiger partial charge in [-0.25, -0.2) is 0 Å². The van der Waals surface area contributed by atoms with Crippen molar-refractivity contribution in [2.75, 3.05) is 11.1 Å². The number of hydrogen-bond donors (Lipinski definition) is 3. The maximum Gasteiger partial charge on any atom is 0.246 e. The summed E-state index contributed by atoms with van der Waals surface area (Å²) in [4.78, 5) is 11.8. The maximum atomic E-state index is 11.8. The van der Waals surface area contributed by atoms with Gasteiger partial charge in [-0.1, -0.05) is 0 Å². The Morgan fingerprint density at radius 1 is 1.44 bits per heavy atom. The van der Waals surface area contributed by atoms with E-state index in [9.17, 15) is 4.79 Å². The first-order valence-electron chi connectivity index (χ1n) is 5.43. The van der Waals surface area contributed by atoms with Crippen LogP contribution < -0.4 is 11.1 Å². The summed E-state index contributed by atoms with van der Waals surface area (Å²) in [5.41, 5.74) is 6.98. The van der Waals surface area contributed by atoms with Gasteiger partial charge in [-0.2, -0.15) is 5.10 Å². The Morgan fingerprint density at radius 3 is 2.67 bits per heavy atom. The van der Waals surface area contributed by atoms with Crippen molar-refractivity contribution in [1.29, 1.82) is 0 Å². The molecule has 6 heteroatoms. The number of aromatic nitrogens is 2. The molecule has 4 N–H and O–H groups in total. The van der Waals surface area contributed by atoms with Crippen molar-refractivity contribution >= 4 is 17.4 Å². The summed E-state index contributed by atoms with van der Waals surface area (Å²) in [5, 5.41) is 15.8. The minimum absolute atomic E-state index is 0.101. The number of amides is 1. The lowest BCUT2D eigenvalue weighted by atomic mass is 10.3. The fourth-order valence-corrected chi connectivity index (χ4v) is 1.58. The predicted molar refractivity (Wildman–Crippen MR) is 68.1 cm³/mol. The number of nitrogen functional groups attached to an aromatic ring is 1. The monoisotopic (exact) mass is 246 g/mol. The van der Waals surface area contributed by atoms with Gasteiger partial charge in [0.2, 0.25) is 5.91 Å². The van der Waals surface area contributed by atoms with Crippen LogP contribution >= 0.6 is 0 Å². The molecule has 1 heterocycles. The smallest absolute Gasteiger partial charge is 0.246 e. The van der Waals surface area contributed by atoms with E-state index in [2.05, 4.69) is 10.4 Å². The fourth-order valence-electron chi connectivity index (χ4n) is 1.58. The number of benzene rings is 1. The Labute approximate surface area is 104 Å². The maximum absolute atomic E-state index is 11.8. The number of aromatic hydroxyl groups is 1. The minimum atomic E-state index is -0.202. The van der Waals surface area contributed by atoms with E-state index in [4.69, 9.17) is 10.8 Å². The molecule has 6 nitrogen and oxygen atoms in total. The first-order valence-corrected chi connectivity index (χ1v) is 5.43. The quantitative estimate of drug-likeness (QED) is 0.707. The molecule has 94 valence electrons. The second-order valence-corrected chi connectivity index (χ2v) is 3.96. The third kappa shape index (κ3) is 2.79. The number of phenols is 1. The number of carbonyl (C=O) groups excluding carboxylic acids is 1. The Bertz CT molecular complexity index is 560. The average Bonchev–Trinajstić information content (AvgIpc) is 2.61. The van der Waals surface area contributed by atoms with Gasteiger partial charge in [0.15, 0.2) is 0 Å². The molecule has 0 unspecified atom stereocenters. The molecular formula is C12H14N4O2. The predicted octanol–water partition coefficient (Wildman–Crippen LogP) is 1.12. The van der Waals surface area contributed by atoms with E-state index in [1.54, 1.807) is 18.2 Å². The molecule has 0 spiro atoms. The van der Waals surface area contributed by atoms with Crippen LogP contribution in [-0.2, 0) is 11.3 Å². The van der Waals surface area contributed by atoms with Crippen LogP contribution in [-0.4, -0.2) is 20.8 Å². The van der Waals surface area contributed by atoms with Crippen LogP contribution in [0.5, 0.6) is 5.75 Å². The molecule has 18 heavy (non-hydrogen) atoms. The Morgan fingerprint density at radius 2 is 2.11 bits per heavy atom. The van der Waals surface area contributed by atoms with Gasteiger partial charge in [-0.3, -0.25) is 9.48 Å². The van der Waals surface area contributed by atoms with Gasteiger partial charge in [-0.05, 0) is 31.2 Å². The first kappa shape index (κ1) is 12.0. The highest BCUT2D eigenvalue weighted by Crippen LogP contribution is 2.13. The summed E-state index contributed by atoms with van der Waals surface area (Å²) in [6, 6.07) is 7.96. The van der Waals surface area contributed by atoms with E-state index in [0.29, 0.717) is 11.5 Å². The van der Waals surface area contributed by atoms with Gasteiger partial charge < -0.3 is 16.2 Å². The molecule has 0 aliphatic rings. The van der Waals surface area contributed by atoms with Gasteiger partial charge in [0.1, 0.15) is 18.1 Å². The lowest BCUT2D eigenvalue weighted by Gasteiger charge is -2.06. The lowest BCUT2D eigenvalue weighted by molar-refractivity contribution is -0.116. The van der Waals surface area contributed by atoms with Crippen LogP contribution in [0.1, 0.15) is 5.69 Å². The molecule has 1 amide bonds. The van der Waals surface area contributed by atoms with Crippen LogP contribution in [0.2, 0.25) is 0 Å². The molecule has 0 bridgehead atoms. The molecular weight excluding hydrogens is 232 g/mol. The van der Waals surface area contributed by atoms with Crippen molar-refractivity contribution in [2.45, 2.75) is 13.5 Å². The highest BCUT2D eigenvalue weighted by Gasteiger charge is 2.07. The zero-order chi connectivity index (χ0) is 13.1. The normalized spacial score (nSPS) is 10.3. The molecule has 0 aliphatic carbocycles. The standard InChI is InChI=1S/C12H14N4O2/c1-8-6-11(13)15-16(8)7-12(18)14-9-2-4-10(17)5-3-9/h2-6,17H,7H2,1H3,(H2,13,15)(H,14,18). The topological polar surface area (TPSA) is 93.2 Å². The van der Waals surface area contributed by atoms with Crippen LogP contribution in [0.15, 0.2) is 30.3 Å². The van der Waals surface area contributed by atoms with Crippen LogP contribution in [0.3, 0.4) is 0 Å². The SMILES string of the molecule is Cc1cc(N)nn1CC(=O)Nc1ccc(O)cc1. The Balaban J connectivity index is 2.01. The van der Waals surface area contributed by atoms with Crippen molar-refractivity contribution in [3.8, 4) is 5.75 Å². The number of nitrogens with one attached hydrogen (secondary N) is 1. The van der Waals surface area contributed by atoms with Crippen LogP contribution in [0.4, 0.5) is 11.5 Å². The highest BCUT2D eigenvalue weighted by molar-refractivity contribution is 5.90. The largest absolute Gasteiger partial charge is 0.508 e. The molecule has 1 aromatic carbocycles. The van der Waals surface area contributed by atoms with Gasteiger partial charge in [0.05, 0.1) is 0 Å². The van der Waals surface area contributed by atoms with Crippen LogP contribution in [0, 0.1) is 6.92 Å². The molecule has 0 saturated carbocycles. The zero-order valence-electron chi connectivity index (χ0n) is 9.92. The Hall–Kier alpha value is -2.50. The molecule has 0 atom stereocenters. The van der Waals surface area contributed by atoms with Crippen LogP contribution in [0.25, 0.3) is 0 Å². The molecule has 0 radical (unpaired) electrons. The number of hydrogen-bond acceptors (Lipinski definition) is 4. The van der Waals surface area contributed by atoms with Gasteiger partial charge in [0.25, 0.3) is 0 Å². The Kier molecular flexibility index (Phi) is 3.18. The third-order valence-electron chi connectivity index (χ3n) is 2.44. The second kappa shape index (κ2) is 4.79. The van der Waals surface area contributed by atoms with Crippen molar-refractivity contribution in [3.63, 3.8) is 0 Å². The van der Waals surface area contributed by atoms with Gasteiger partial charge >= 0.3 is 0 Å². The van der Waals surface area contributed by atoms with E-state index in [0.717, 1.165) is 5.69 Å². The first-order chi connectivity index (χ1) is 8.54. The molecule has 1 aromatic heterocycles. The van der Waals surface area contributed by atoms with Crippen molar-refractivity contribution < 1.29 is 9.90 Å². The molecule has 0 saturated heterocycles. The zero-order valence-corrected chi connectivity index (χ0v) is 9.92. The van der Waals surface area contributed by atoms with E-state index < -0.39 is 0 Å². The van der Waals surface area contributed by atoms with Gasteiger partial charge in [-0.15, -0.1) is 0 Å². The molecule has 2 rings (SSSR count). The average molecular weight is 246 g/mol. The summed E-state index contributed by atoms with van der Waals surface area (Å²) in [7, 11) is 0. The second-order valence-electron chi connectivity index (χ2n) is 3.96. The van der Waals surface area contributed by atoms with Gasteiger partial charge in [0, 0.05) is 17.4 Å². The fraction of sp³-hybridized carbons (Fsp3) is 0.167. The molecule has 0 aliphatic heterocycles. The van der Waals surface area contributed by atoms with Crippen molar-refractivity contribution in [3.05, 3.63) is 36.0 Å². The van der Waals surface area contributed by atoms with E-state index in [1.165, 1.54) is 16.8 Å². The number of aryl methyl sites for hydroxylation is 1. The van der Waals surface area contributed by atoms with E-state index in [1.807, 2.05) is 6.92 Å². The highest BCUT2D eigenvalue weighted by atomic mass is 16.3. The summed E-state index contributed by atoms with van der Waals surface area (Å²) < 4.78 is 1.53. The number of phenolic OH excluding ortho intramolecular Hbond substituents is 1. The van der Waals surface area contributed by atoms with E-state index in [-0.39, 0.29) is 18.2 Å². The summed E-state index contributed by atoms with van der Waals surface area (Å²) >= 11 is 0. The number of anilines is 2. The summed E-state index contributed by atoms with van der Waals surface area (Å²) in [6.07, 6.45) is 0. The lowest BCUT2D eigenvalue weighted by Crippen LogP contribution is -2.20. The van der Waals surface area contributed by atoms with Crippen molar-refractivity contribution in [1.82, 2.24) is 9.78 Å². The summed E-state index contributed by atoms with van der Waals surface area (Å²) in [6.45, 7) is 1.93. The number of carbonyl (C=O) groups is 1. The number of nitrogens with zero attached hydrogens (tertiary/aromatic N) is 2. The van der Waals surface area contributed by atoms with Crippen molar-refractivity contribution in [2.24, 2.45) is 0 Å². The number of nitrogens with two attached hydrogens (primary N) is 1. The third-order valence-corrected chi connectivity index (χ3v) is 2.44.